The molecule has 0 bridgehead atoms. The molecule has 2 heterocycles. The van der Waals surface area contributed by atoms with Gasteiger partial charge in [0.2, 0.25) is 11.8 Å². The molecule has 2 aliphatic carbocycles. The highest BCUT2D eigenvalue weighted by molar-refractivity contribution is 5.82. The van der Waals surface area contributed by atoms with E-state index in [2.05, 4.69) is 21.8 Å². The van der Waals surface area contributed by atoms with E-state index >= 15 is 0 Å². The summed E-state index contributed by atoms with van der Waals surface area (Å²) in [5.41, 5.74) is 0.808. The van der Waals surface area contributed by atoms with Crippen LogP contribution in [-0.2, 0) is 22.6 Å². The number of amides is 2. The predicted molar refractivity (Wildman–Crippen MR) is 89.1 cm³/mol. The SMILES string of the molecule is C[C@@H]1C[C@@H]1C(=O)N1CCn2cc(CC(=O)NC3CCC3)nc2[C@H]1C. The monoisotopic (exact) mass is 330 g/mol. The Bertz CT molecular complexity index is 664. The van der Waals surface area contributed by atoms with E-state index < -0.39 is 0 Å². The first kappa shape index (κ1) is 15.7. The van der Waals surface area contributed by atoms with E-state index in [1.54, 1.807) is 0 Å². The quantitative estimate of drug-likeness (QED) is 0.913. The minimum absolute atomic E-state index is 0.0116. The minimum Gasteiger partial charge on any atom is -0.353 e. The lowest BCUT2D eigenvalue weighted by Gasteiger charge is -2.34. The van der Waals surface area contributed by atoms with Gasteiger partial charge in [0.15, 0.2) is 0 Å². The molecular formula is C18H26N4O2. The van der Waals surface area contributed by atoms with Crippen molar-refractivity contribution in [2.75, 3.05) is 6.54 Å². The number of hydrogen-bond donors (Lipinski definition) is 1. The highest BCUT2D eigenvalue weighted by atomic mass is 16.2. The van der Waals surface area contributed by atoms with E-state index in [0.717, 1.165) is 43.9 Å². The average molecular weight is 330 g/mol. The Hall–Kier alpha value is -1.85. The van der Waals surface area contributed by atoms with E-state index in [4.69, 9.17) is 0 Å². The van der Waals surface area contributed by atoms with Gasteiger partial charge >= 0.3 is 0 Å². The lowest BCUT2D eigenvalue weighted by molar-refractivity contribution is -0.136. The molecule has 1 aromatic heterocycles. The third-order valence-corrected chi connectivity index (χ3v) is 5.80. The van der Waals surface area contributed by atoms with Crippen molar-refractivity contribution in [1.82, 2.24) is 19.8 Å². The van der Waals surface area contributed by atoms with Crippen molar-refractivity contribution in [2.45, 2.75) is 64.6 Å². The number of carbonyl (C=O) groups is 2. The third-order valence-electron chi connectivity index (χ3n) is 5.80. The zero-order valence-corrected chi connectivity index (χ0v) is 14.5. The lowest BCUT2D eigenvalue weighted by Crippen LogP contribution is -2.42. The number of aromatic nitrogens is 2. The summed E-state index contributed by atoms with van der Waals surface area (Å²) < 4.78 is 2.11. The molecule has 0 aromatic carbocycles. The number of hydrogen-bond acceptors (Lipinski definition) is 3. The van der Waals surface area contributed by atoms with Crippen molar-refractivity contribution < 1.29 is 9.59 Å². The highest BCUT2D eigenvalue weighted by Crippen LogP contribution is 2.41. The predicted octanol–water partition coefficient (Wildman–Crippen LogP) is 1.65. The summed E-state index contributed by atoms with van der Waals surface area (Å²) in [6.07, 6.45) is 6.73. The van der Waals surface area contributed by atoms with Gasteiger partial charge in [0.25, 0.3) is 0 Å². The molecule has 24 heavy (non-hydrogen) atoms. The molecule has 130 valence electrons. The second-order valence-corrected chi connectivity index (χ2v) is 7.68. The van der Waals surface area contributed by atoms with E-state index in [0.29, 0.717) is 18.4 Å². The van der Waals surface area contributed by atoms with Gasteiger partial charge in [0, 0.05) is 31.2 Å². The summed E-state index contributed by atoms with van der Waals surface area (Å²) in [5.74, 6) is 1.98. The summed E-state index contributed by atoms with van der Waals surface area (Å²) in [4.78, 5) is 31.3. The highest BCUT2D eigenvalue weighted by Gasteiger charge is 2.44. The molecule has 0 unspecified atom stereocenters. The fourth-order valence-corrected chi connectivity index (χ4v) is 3.81. The Labute approximate surface area is 142 Å². The van der Waals surface area contributed by atoms with Crippen LogP contribution in [0.5, 0.6) is 0 Å². The smallest absolute Gasteiger partial charge is 0.226 e. The number of nitrogens with zero attached hydrogens (tertiary/aromatic N) is 3. The Morgan fingerprint density at radius 1 is 1.29 bits per heavy atom. The number of imidazole rings is 1. The van der Waals surface area contributed by atoms with Crippen LogP contribution in [0.4, 0.5) is 0 Å². The number of fused-ring (bicyclic) bond motifs is 1. The summed E-state index contributed by atoms with van der Waals surface area (Å²) in [5, 5.41) is 3.06. The molecule has 0 saturated heterocycles. The first-order valence-electron chi connectivity index (χ1n) is 9.18. The molecule has 1 aromatic rings. The van der Waals surface area contributed by atoms with Crippen LogP contribution in [0, 0.1) is 11.8 Å². The van der Waals surface area contributed by atoms with Gasteiger partial charge in [-0.15, -0.1) is 0 Å². The van der Waals surface area contributed by atoms with E-state index in [1.807, 2.05) is 18.0 Å². The largest absolute Gasteiger partial charge is 0.353 e. The van der Waals surface area contributed by atoms with E-state index in [-0.39, 0.29) is 23.8 Å². The number of rotatable bonds is 4. The fourth-order valence-electron chi connectivity index (χ4n) is 3.81. The van der Waals surface area contributed by atoms with Crippen molar-refractivity contribution in [2.24, 2.45) is 11.8 Å². The molecular weight excluding hydrogens is 304 g/mol. The molecule has 6 heteroatoms. The maximum atomic E-state index is 12.6. The maximum Gasteiger partial charge on any atom is 0.226 e. The van der Waals surface area contributed by atoms with Crippen molar-refractivity contribution in [3.8, 4) is 0 Å². The Kier molecular flexibility index (Phi) is 3.85. The van der Waals surface area contributed by atoms with Gasteiger partial charge in [-0.25, -0.2) is 4.98 Å². The van der Waals surface area contributed by atoms with Crippen molar-refractivity contribution in [3.63, 3.8) is 0 Å². The van der Waals surface area contributed by atoms with Crippen LogP contribution in [0.2, 0.25) is 0 Å². The normalized spacial score (nSPS) is 28.9. The van der Waals surface area contributed by atoms with E-state index in [1.165, 1.54) is 6.42 Å². The zero-order valence-electron chi connectivity index (χ0n) is 14.5. The fraction of sp³-hybridized carbons (Fsp3) is 0.722. The van der Waals surface area contributed by atoms with Crippen LogP contribution in [0.25, 0.3) is 0 Å². The molecule has 1 N–H and O–H groups in total. The molecule has 3 aliphatic rings. The second-order valence-electron chi connectivity index (χ2n) is 7.68. The van der Waals surface area contributed by atoms with Gasteiger partial charge in [-0.3, -0.25) is 9.59 Å². The molecule has 2 amide bonds. The summed E-state index contributed by atoms with van der Waals surface area (Å²) in [7, 11) is 0. The second kappa shape index (κ2) is 5.90. The maximum absolute atomic E-state index is 12.6. The topological polar surface area (TPSA) is 67.2 Å². The summed E-state index contributed by atoms with van der Waals surface area (Å²) >= 11 is 0. The molecule has 1 aliphatic heterocycles. The van der Waals surface area contributed by atoms with Gasteiger partial charge < -0.3 is 14.8 Å². The van der Waals surface area contributed by atoms with Crippen molar-refractivity contribution in [3.05, 3.63) is 17.7 Å². The molecule has 6 nitrogen and oxygen atoms in total. The zero-order chi connectivity index (χ0) is 16.8. The van der Waals surface area contributed by atoms with Crippen LogP contribution in [0.15, 0.2) is 6.20 Å². The number of carbonyl (C=O) groups excluding carboxylic acids is 2. The Balaban J connectivity index is 1.42. The van der Waals surface area contributed by atoms with Crippen LogP contribution in [0.1, 0.15) is 57.1 Å². The van der Waals surface area contributed by atoms with Gasteiger partial charge in [-0.1, -0.05) is 6.92 Å². The van der Waals surface area contributed by atoms with Gasteiger partial charge in [-0.2, -0.15) is 0 Å². The van der Waals surface area contributed by atoms with E-state index in [9.17, 15) is 9.59 Å². The van der Waals surface area contributed by atoms with Gasteiger partial charge in [0.05, 0.1) is 18.2 Å². The third kappa shape index (κ3) is 2.82. The molecule has 2 fully saturated rings. The van der Waals surface area contributed by atoms with Gasteiger partial charge in [0.1, 0.15) is 5.82 Å². The van der Waals surface area contributed by atoms with Crippen LogP contribution >= 0.6 is 0 Å². The van der Waals surface area contributed by atoms with Crippen LogP contribution < -0.4 is 5.32 Å². The minimum atomic E-state index is -0.0116. The molecule has 0 spiro atoms. The summed E-state index contributed by atoms with van der Waals surface area (Å²) in [6, 6.07) is 0.352. The standard InChI is InChI=1S/C18H26N4O2/c1-11-8-15(11)18(24)22-7-6-21-10-14(20-17(21)12(22)2)9-16(23)19-13-4-3-5-13/h10-13,15H,3-9H2,1-2H3,(H,19,23)/t11-,12-,15+/m1/s1. The Morgan fingerprint density at radius 2 is 2.04 bits per heavy atom. The van der Waals surface area contributed by atoms with Crippen LogP contribution in [-0.4, -0.2) is 38.9 Å². The first-order chi connectivity index (χ1) is 11.5. The Morgan fingerprint density at radius 3 is 2.67 bits per heavy atom. The average Bonchev–Trinajstić information content (AvgIpc) is 3.08. The van der Waals surface area contributed by atoms with Crippen molar-refractivity contribution in [1.29, 1.82) is 0 Å². The number of nitrogens with one attached hydrogen (secondary N) is 1. The molecule has 0 radical (unpaired) electrons. The van der Waals surface area contributed by atoms with Crippen LogP contribution in [0.3, 0.4) is 0 Å². The first-order valence-corrected chi connectivity index (χ1v) is 9.18. The van der Waals surface area contributed by atoms with Crippen molar-refractivity contribution >= 4 is 11.8 Å². The lowest BCUT2D eigenvalue weighted by atomic mass is 9.93. The molecule has 4 rings (SSSR count). The summed E-state index contributed by atoms with van der Waals surface area (Å²) in [6.45, 7) is 5.68. The van der Waals surface area contributed by atoms with Gasteiger partial charge in [-0.05, 0) is 38.5 Å². The molecule has 2 saturated carbocycles. The molecule has 3 atom stereocenters.